The van der Waals surface area contributed by atoms with E-state index < -0.39 is 0 Å². The highest BCUT2D eigenvalue weighted by atomic mass is 16.5. The van der Waals surface area contributed by atoms with Crippen molar-refractivity contribution in [3.05, 3.63) is 42.0 Å². The molecular formula is C22H29N3O5. The molecule has 2 N–H and O–H groups in total. The average Bonchev–Trinajstić information content (AvgIpc) is 2.79. The second kappa shape index (κ2) is 10.7. The summed E-state index contributed by atoms with van der Waals surface area (Å²) in [5.41, 5.74) is 2.13. The number of carbonyl (C=O) groups is 1. The van der Waals surface area contributed by atoms with Crippen LogP contribution in [0.15, 0.2) is 36.4 Å². The van der Waals surface area contributed by atoms with Crippen LogP contribution in [0, 0.1) is 0 Å². The molecule has 30 heavy (non-hydrogen) atoms. The minimum absolute atomic E-state index is 0.100. The van der Waals surface area contributed by atoms with Crippen LogP contribution in [0.5, 0.6) is 17.2 Å². The van der Waals surface area contributed by atoms with E-state index in [9.17, 15) is 4.79 Å². The number of anilines is 2. The molecule has 8 nitrogen and oxygen atoms in total. The highest BCUT2D eigenvalue weighted by Crippen LogP contribution is 2.40. The van der Waals surface area contributed by atoms with Crippen LogP contribution < -0.4 is 24.8 Å². The third kappa shape index (κ3) is 5.55. The Morgan fingerprint density at radius 3 is 2.33 bits per heavy atom. The van der Waals surface area contributed by atoms with E-state index in [1.165, 1.54) is 0 Å². The molecule has 3 rings (SSSR count). The minimum atomic E-state index is -0.100. The highest BCUT2D eigenvalue weighted by molar-refractivity contribution is 5.95. The molecule has 0 aromatic heterocycles. The maximum Gasteiger partial charge on any atom is 0.251 e. The molecule has 2 aromatic carbocycles. The second-order valence-corrected chi connectivity index (χ2v) is 6.83. The van der Waals surface area contributed by atoms with Gasteiger partial charge in [-0.3, -0.25) is 9.69 Å². The number of carbonyl (C=O) groups excluding carboxylic acids is 1. The molecule has 0 spiro atoms. The van der Waals surface area contributed by atoms with Crippen LogP contribution in [0.1, 0.15) is 10.4 Å². The Hall–Kier alpha value is -2.97. The monoisotopic (exact) mass is 415 g/mol. The largest absolute Gasteiger partial charge is 0.493 e. The predicted molar refractivity (Wildman–Crippen MR) is 115 cm³/mol. The van der Waals surface area contributed by atoms with Crippen molar-refractivity contribution in [2.24, 2.45) is 0 Å². The molecule has 1 fully saturated rings. The van der Waals surface area contributed by atoms with E-state index in [0.717, 1.165) is 44.2 Å². The first-order valence-electron chi connectivity index (χ1n) is 9.90. The van der Waals surface area contributed by atoms with Gasteiger partial charge in [-0.25, -0.2) is 0 Å². The normalized spacial score (nSPS) is 14.1. The fraction of sp³-hybridized carbons (Fsp3) is 0.409. The number of morpholine rings is 1. The number of benzene rings is 2. The molecule has 8 heteroatoms. The van der Waals surface area contributed by atoms with Crippen LogP contribution in [-0.4, -0.2) is 71.5 Å². The van der Waals surface area contributed by atoms with E-state index in [1.54, 1.807) is 27.4 Å². The number of hydrogen-bond acceptors (Lipinski definition) is 7. The van der Waals surface area contributed by atoms with Crippen molar-refractivity contribution in [1.82, 2.24) is 10.2 Å². The molecule has 0 saturated carbocycles. The van der Waals surface area contributed by atoms with Crippen LogP contribution in [0.25, 0.3) is 0 Å². The Bertz CT molecular complexity index is 827. The Balaban J connectivity index is 1.64. The van der Waals surface area contributed by atoms with Crippen molar-refractivity contribution in [1.29, 1.82) is 0 Å². The summed E-state index contributed by atoms with van der Waals surface area (Å²) in [5.74, 6) is 1.53. The van der Waals surface area contributed by atoms with Crippen molar-refractivity contribution in [2.45, 2.75) is 0 Å². The first-order chi connectivity index (χ1) is 14.6. The summed E-state index contributed by atoms with van der Waals surface area (Å²) in [6.07, 6.45) is 0. The van der Waals surface area contributed by atoms with Gasteiger partial charge in [-0.15, -0.1) is 0 Å². The van der Waals surface area contributed by atoms with Gasteiger partial charge in [0.25, 0.3) is 5.91 Å². The van der Waals surface area contributed by atoms with Crippen LogP contribution in [0.4, 0.5) is 11.4 Å². The van der Waals surface area contributed by atoms with Crippen LogP contribution in [-0.2, 0) is 4.74 Å². The summed E-state index contributed by atoms with van der Waals surface area (Å²) < 4.78 is 21.5. The van der Waals surface area contributed by atoms with Gasteiger partial charge in [0.05, 0.1) is 34.5 Å². The van der Waals surface area contributed by atoms with Gasteiger partial charge in [0.1, 0.15) is 0 Å². The SMILES string of the molecule is COc1cc(Nc2cccc(C(=O)NCCN3CCOCC3)c2)cc(OC)c1OC. The molecular weight excluding hydrogens is 386 g/mol. The van der Waals surface area contributed by atoms with Gasteiger partial charge in [0.15, 0.2) is 11.5 Å². The zero-order valence-corrected chi connectivity index (χ0v) is 17.7. The lowest BCUT2D eigenvalue weighted by Crippen LogP contribution is -2.41. The molecule has 1 heterocycles. The first-order valence-corrected chi connectivity index (χ1v) is 9.90. The average molecular weight is 415 g/mol. The summed E-state index contributed by atoms with van der Waals surface area (Å²) in [6, 6.07) is 11.0. The smallest absolute Gasteiger partial charge is 0.251 e. The maximum atomic E-state index is 12.5. The van der Waals surface area contributed by atoms with Crippen molar-refractivity contribution in [3.63, 3.8) is 0 Å². The van der Waals surface area contributed by atoms with E-state index in [4.69, 9.17) is 18.9 Å². The third-order valence-electron chi connectivity index (χ3n) is 4.90. The Morgan fingerprint density at radius 1 is 1.00 bits per heavy atom. The van der Waals surface area contributed by atoms with Gasteiger partial charge in [-0.1, -0.05) is 6.07 Å². The van der Waals surface area contributed by atoms with Crippen LogP contribution in [0.2, 0.25) is 0 Å². The van der Waals surface area contributed by atoms with Gasteiger partial charge in [0, 0.05) is 55.2 Å². The summed E-state index contributed by atoms with van der Waals surface area (Å²) in [7, 11) is 4.71. The van der Waals surface area contributed by atoms with E-state index in [1.807, 2.05) is 30.3 Å². The third-order valence-corrected chi connectivity index (χ3v) is 4.90. The van der Waals surface area contributed by atoms with Gasteiger partial charge >= 0.3 is 0 Å². The molecule has 1 amide bonds. The van der Waals surface area contributed by atoms with Crippen LogP contribution in [0.3, 0.4) is 0 Å². The Kier molecular flexibility index (Phi) is 7.75. The number of methoxy groups -OCH3 is 3. The predicted octanol–water partition coefficient (Wildman–Crippen LogP) is 2.52. The summed E-state index contributed by atoms with van der Waals surface area (Å²) in [6.45, 7) is 4.74. The van der Waals surface area contributed by atoms with E-state index >= 15 is 0 Å². The van der Waals surface area contributed by atoms with Crippen LogP contribution >= 0.6 is 0 Å². The number of nitrogens with zero attached hydrogens (tertiary/aromatic N) is 1. The van der Waals surface area contributed by atoms with Crippen molar-refractivity contribution in [2.75, 3.05) is 66.0 Å². The number of hydrogen-bond donors (Lipinski definition) is 2. The lowest BCUT2D eigenvalue weighted by Gasteiger charge is -2.26. The number of nitrogens with one attached hydrogen (secondary N) is 2. The fourth-order valence-corrected chi connectivity index (χ4v) is 3.31. The van der Waals surface area contributed by atoms with Crippen molar-refractivity contribution < 1.29 is 23.7 Å². The standard InChI is InChI=1S/C22H29N3O5/c1-27-19-14-18(15-20(28-2)21(19)29-3)24-17-6-4-5-16(13-17)22(26)23-7-8-25-9-11-30-12-10-25/h4-6,13-15,24H,7-12H2,1-3H3,(H,23,26). The molecule has 0 aliphatic carbocycles. The van der Waals surface area contributed by atoms with Gasteiger partial charge in [-0.05, 0) is 18.2 Å². The molecule has 162 valence electrons. The first kappa shape index (κ1) is 21.7. The summed E-state index contributed by atoms with van der Waals surface area (Å²) >= 11 is 0. The number of rotatable bonds is 9. The lowest BCUT2D eigenvalue weighted by atomic mass is 10.1. The van der Waals surface area contributed by atoms with Gasteiger partial charge in [-0.2, -0.15) is 0 Å². The molecule has 1 aliphatic heterocycles. The van der Waals surface area contributed by atoms with E-state index in [-0.39, 0.29) is 5.91 Å². The fourth-order valence-electron chi connectivity index (χ4n) is 3.31. The van der Waals surface area contributed by atoms with Crippen molar-refractivity contribution in [3.8, 4) is 17.2 Å². The van der Waals surface area contributed by atoms with Crippen molar-refractivity contribution >= 4 is 17.3 Å². The lowest BCUT2D eigenvalue weighted by molar-refractivity contribution is 0.0383. The molecule has 1 saturated heterocycles. The van der Waals surface area contributed by atoms with Gasteiger partial charge < -0.3 is 29.6 Å². The zero-order chi connectivity index (χ0) is 21.3. The highest BCUT2D eigenvalue weighted by Gasteiger charge is 2.14. The Morgan fingerprint density at radius 2 is 1.70 bits per heavy atom. The maximum absolute atomic E-state index is 12.5. The molecule has 0 radical (unpaired) electrons. The molecule has 0 unspecified atom stereocenters. The molecule has 0 atom stereocenters. The molecule has 0 bridgehead atoms. The van der Waals surface area contributed by atoms with Gasteiger partial charge in [0.2, 0.25) is 5.75 Å². The molecule has 1 aliphatic rings. The van der Waals surface area contributed by atoms with E-state index in [2.05, 4.69) is 15.5 Å². The summed E-state index contributed by atoms with van der Waals surface area (Å²) in [4.78, 5) is 14.8. The Labute approximate surface area is 177 Å². The summed E-state index contributed by atoms with van der Waals surface area (Å²) in [5, 5.41) is 6.27. The number of ether oxygens (including phenoxy) is 4. The second-order valence-electron chi connectivity index (χ2n) is 6.83. The van der Waals surface area contributed by atoms with E-state index in [0.29, 0.717) is 29.4 Å². The minimum Gasteiger partial charge on any atom is -0.493 e. The topological polar surface area (TPSA) is 81.3 Å². The quantitative estimate of drug-likeness (QED) is 0.651. The zero-order valence-electron chi connectivity index (χ0n) is 17.7. The number of amides is 1. The molecule has 2 aromatic rings.